The van der Waals surface area contributed by atoms with Gasteiger partial charge in [-0.25, -0.2) is 4.98 Å². The van der Waals surface area contributed by atoms with E-state index in [1.807, 2.05) is 0 Å². The zero-order valence-corrected chi connectivity index (χ0v) is 11.5. The van der Waals surface area contributed by atoms with Gasteiger partial charge >= 0.3 is 0 Å². The molecule has 3 nitrogen and oxygen atoms in total. The van der Waals surface area contributed by atoms with Gasteiger partial charge in [0.15, 0.2) is 0 Å². The van der Waals surface area contributed by atoms with Gasteiger partial charge in [0.25, 0.3) is 0 Å². The molecule has 1 aliphatic carbocycles. The molecule has 1 unspecified atom stereocenters. The van der Waals surface area contributed by atoms with Crippen LogP contribution in [-0.2, 0) is 4.74 Å². The Kier molecular flexibility index (Phi) is 3.75. The van der Waals surface area contributed by atoms with Crippen LogP contribution in [0.25, 0.3) is 0 Å². The van der Waals surface area contributed by atoms with E-state index in [4.69, 9.17) is 17.0 Å². The molecule has 2 fully saturated rings. The first-order chi connectivity index (χ1) is 8.83. The average Bonchev–Trinajstić information content (AvgIpc) is 2.93. The van der Waals surface area contributed by atoms with Gasteiger partial charge in [0.1, 0.15) is 10.5 Å². The average molecular weight is 264 g/mol. The third-order valence-corrected chi connectivity index (χ3v) is 4.33. The molecular formula is C14H20N2OS. The summed E-state index contributed by atoms with van der Waals surface area (Å²) >= 11 is 5.32. The summed E-state index contributed by atoms with van der Waals surface area (Å²) in [7, 11) is 0. The number of nitrogens with one attached hydrogen (secondary N) is 1. The summed E-state index contributed by atoms with van der Waals surface area (Å²) in [5.74, 6) is 2.11. The predicted molar refractivity (Wildman–Crippen MR) is 73.4 cm³/mol. The van der Waals surface area contributed by atoms with Gasteiger partial charge in [0.05, 0.1) is 6.61 Å². The Bertz CT molecular complexity index is 459. The van der Waals surface area contributed by atoms with Gasteiger partial charge in [-0.3, -0.25) is 0 Å². The Morgan fingerprint density at radius 1 is 1.17 bits per heavy atom. The van der Waals surface area contributed by atoms with Gasteiger partial charge in [-0.1, -0.05) is 25.1 Å². The van der Waals surface area contributed by atoms with Crippen molar-refractivity contribution in [3.8, 4) is 0 Å². The van der Waals surface area contributed by atoms with Crippen LogP contribution in [0, 0.1) is 4.64 Å². The number of nitrogens with zero attached hydrogens (tertiary/aromatic N) is 1. The minimum Gasteiger partial charge on any atom is -0.381 e. The van der Waals surface area contributed by atoms with Crippen molar-refractivity contribution in [3.05, 3.63) is 22.2 Å². The van der Waals surface area contributed by atoms with Crippen LogP contribution in [-0.4, -0.2) is 23.2 Å². The lowest BCUT2D eigenvalue weighted by Crippen LogP contribution is -2.18. The molecule has 1 N–H and O–H groups in total. The van der Waals surface area contributed by atoms with Crippen LogP contribution in [0.5, 0.6) is 0 Å². The maximum Gasteiger partial charge on any atom is 0.130 e. The topological polar surface area (TPSA) is 37.9 Å². The maximum absolute atomic E-state index is 5.55. The zero-order chi connectivity index (χ0) is 12.4. The molecule has 2 heterocycles. The second kappa shape index (κ2) is 5.49. The van der Waals surface area contributed by atoms with Gasteiger partial charge in [0, 0.05) is 18.2 Å². The summed E-state index contributed by atoms with van der Waals surface area (Å²) < 4.78 is 6.28. The van der Waals surface area contributed by atoms with E-state index >= 15 is 0 Å². The summed E-state index contributed by atoms with van der Waals surface area (Å²) in [5.41, 5.74) is 1.30. The molecule has 1 atom stereocenters. The minimum atomic E-state index is 0.404. The van der Waals surface area contributed by atoms with Crippen LogP contribution in [0.3, 0.4) is 0 Å². The Balaban J connectivity index is 1.87. The molecule has 98 valence electrons. The molecule has 2 aliphatic rings. The van der Waals surface area contributed by atoms with Crippen LogP contribution in [0.15, 0.2) is 6.07 Å². The van der Waals surface area contributed by atoms with E-state index in [2.05, 4.69) is 16.0 Å². The predicted octanol–water partition coefficient (Wildman–Crippen LogP) is 3.69. The van der Waals surface area contributed by atoms with E-state index in [1.54, 1.807) is 0 Å². The summed E-state index contributed by atoms with van der Waals surface area (Å²) in [5, 5.41) is 0. The Morgan fingerprint density at radius 2 is 1.94 bits per heavy atom. The monoisotopic (exact) mass is 264 g/mol. The molecule has 1 aliphatic heterocycles. The highest BCUT2D eigenvalue weighted by atomic mass is 32.1. The van der Waals surface area contributed by atoms with E-state index < -0.39 is 0 Å². The van der Waals surface area contributed by atoms with E-state index in [9.17, 15) is 0 Å². The van der Waals surface area contributed by atoms with Crippen LogP contribution < -0.4 is 0 Å². The van der Waals surface area contributed by atoms with E-state index in [-0.39, 0.29) is 0 Å². The van der Waals surface area contributed by atoms with Crippen LogP contribution in [0.4, 0.5) is 0 Å². The maximum atomic E-state index is 5.55. The largest absolute Gasteiger partial charge is 0.381 e. The van der Waals surface area contributed by atoms with E-state index in [0.717, 1.165) is 36.5 Å². The number of ether oxygens (including phenoxy) is 1. The SMILES string of the molecule is S=c1cc(C2CCCC2)[nH]c(C2CCCOC2)n1. The highest BCUT2D eigenvalue weighted by Crippen LogP contribution is 2.33. The Morgan fingerprint density at radius 3 is 2.67 bits per heavy atom. The molecule has 0 amide bonds. The normalized spacial score (nSPS) is 25.4. The van der Waals surface area contributed by atoms with Crippen molar-refractivity contribution < 1.29 is 4.74 Å². The van der Waals surface area contributed by atoms with Crippen LogP contribution in [0.1, 0.15) is 61.9 Å². The first kappa shape index (κ1) is 12.3. The first-order valence-corrected chi connectivity index (χ1v) is 7.42. The molecular weight excluding hydrogens is 244 g/mol. The number of hydrogen-bond donors (Lipinski definition) is 1. The highest BCUT2D eigenvalue weighted by Gasteiger charge is 2.22. The summed E-state index contributed by atoms with van der Waals surface area (Å²) in [6.45, 7) is 1.67. The Hall–Kier alpha value is -0.740. The van der Waals surface area contributed by atoms with Gasteiger partial charge in [-0.2, -0.15) is 0 Å². The summed E-state index contributed by atoms with van der Waals surface area (Å²) in [4.78, 5) is 8.05. The van der Waals surface area contributed by atoms with Gasteiger partial charge in [0.2, 0.25) is 0 Å². The van der Waals surface area contributed by atoms with Crippen molar-refractivity contribution in [1.82, 2.24) is 9.97 Å². The minimum absolute atomic E-state index is 0.404. The van der Waals surface area contributed by atoms with Crippen molar-refractivity contribution in [3.63, 3.8) is 0 Å². The van der Waals surface area contributed by atoms with Crippen molar-refractivity contribution in [2.75, 3.05) is 13.2 Å². The fourth-order valence-electron chi connectivity index (χ4n) is 3.10. The number of rotatable bonds is 2. The molecule has 1 saturated heterocycles. The van der Waals surface area contributed by atoms with Gasteiger partial charge in [-0.05, 0) is 37.7 Å². The molecule has 0 aromatic carbocycles. The number of aromatic amines is 1. The lowest BCUT2D eigenvalue weighted by Gasteiger charge is -2.22. The molecule has 0 radical (unpaired) electrons. The lowest BCUT2D eigenvalue weighted by atomic mass is 10.00. The summed E-state index contributed by atoms with van der Waals surface area (Å²) in [6.07, 6.45) is 7.55. The Labute approximate surface area is 113 Å². The van der Waals surface area contributed by atoms with Crippen molar-refractivity contribution in [1.29, 1.82) is 0 Å². The molecule has 18 heavy (non-hydrogen) atoms. The molecule has 0 spiro atoms. The first-order valence-electron chi connectivity index (χ1n) is 7.02. The fraction of sp³-hybridized carbons (Fsp3) is 0.714. The molecule has 1 aromatic heterocycles. The fourth-order valence-corrected chi connectivity index (χ4v) is 3.33. The van der Waals surface area contributed by atoms with Gasteiger partial charge < -0.3 is 9.72 Å². The molecule has 1 saturated carbocycles. The standard InChI is InChI=1S/C14H20N2OS/c18-13-8-12(10-4-1-2-5-10)15-14(16-13)11-6-3-7-17-9-11/h8,10-11H,1-7,9H2,(H,15,16,18). The second-order valence-electron chi connectivity index (χ2n) is 5.46. The lowest BCUT2D eigenvalue weighted by molar-refractivity contribution is 0.0779. The third-order valence-electron chi connectivity index (χ3n) is 4.12. The van der Waals surface area contributed by atoms with Crippen LogP contribution >= 0.6 is 12.2 Å². The second-order valence-corrected chi connectivity index (χ2v) is 5.87. The molecule has 1 aromatic rings. The zero-order valence-electron chi connectivity index (χ0n) is 10.7. The van der Waals surface area contributed by atoms with E-state index in [0.29, 0.717) is 11.8 Å². The quantitative estimate of drug-likeness (QED) is 0.828. The molecule has 4 heteroatoms. The van der Waals surface area contributed by atoms with E-state index in [1.165, 1.54) is 31.4 Å². The number of aromatic nitrogens is 2. The summed E-state index contributed by atoms with van der Waals surface area (Å²) in [6, 6.07) is 2.05. The van der Waals surface area contributed by atoms with Crippen molar-refractivity contribution in [2.45, 2.75) is 50.4 Å². The smallest absolute Gasteiger partial charge is 0.130 e. The number of H-pyrrole nitrogens is 1. The molecule has 0 bridgehead atoms. The third kappa shape index (κ3) is 2.64. The molecule has 3 rings (SSSR count). The van der Waals surface area contributed by atoms with Crippen molar-refractivity contribution in [2.24, 2.45) is 0 Å². The van der Waals surface area contributed by atoms with Crippen LogP contribution in [0.2, 0.25) is 0 Å². The van der Waals surface area contributed by atoms with Gasteiger partial charge in [-0.15, -0.1) is 0 Å². The highest BCUT2D eigenvalue weighted by molar-refractivity contribution is 7.71. The van der Waals surface area contributed by atoms with Crippen molar-refractivity contribution >= 4 is 12.2 Å². The number of hydrogen-bond acceptors (Lipinski definition) is 3.